The average molecular weight is 258 g/mol. The predicted octanol–water partition coefficient (Wildman–Crippen LogP) is 1.32. The number of amides is 1. The van der Waals surface area contributed by atoms with E-state index in [4.69, 9.17) is 26.2 Å². The molecule has 1 unspecified atom stereocenters. The van der Waals surface area contributed by atoms with Crippen molar-refractivity contribution in [2.45, 2.75) is 12.7 Å². The van der Waals surface area contributed by atoms with E-state index in [2.05, 4.69) is 5.32 Å². The normalized spacial score (nSPS) is 18.7. The van der Waals surface area contributed by atoms with Gasteiger partial charge in [0.25, 0.3) is 0 Å². The van der Waals surface area contributed by atoms with Crippen molar-refractivity contribution in [1.29, 1.82) is 0 Å². The topological polar surface area (TPSA) is 67.8 Å². The van der Waals surface area contributed by atoms with Crippen LogP contribution in [-0.2, 0) is 11.3 Å². The number of halogens is 1. The van der Waals surface area contributed by atoms with Crippen molar-refractivity contribution in [3.63, 3.8) is 0 Å². The van der Waals surface area contributed by atoms with Crippen LogP contribution in [0.3, 0.4) is 0 Å². The molecule has 1 atom stereocenters. The maximum absolute atomic E-state index is 10.8. The molecule has 5 nitrogen and oxygen atoms in total. The van der Waals surface area contributed by atoms with Crippen LogP contribution in [0.2, 0.25) is 5.02 Å². The molecule has 0 spiro atoms. The SMILES string of the molecule is O=C1NCC(COc2c(Cl)cccc2CO)O1. The molecule has 0 aromatic heterocycles. The van der Waals surface area contributed by atoms with Gasteiger partial charge in [0.1, 0.15) is 12.4 Å². The van der Waals surface area contributed by atoms with Crippen molar-refractivity contribution in [3.05, 3.63) is 28.8 Å². The van der Waals surface area contributed by atoms with E-state index in [0.717, 1.165) is 0 Å². The Balaban J connectivity index is 2.01. The van der Waals surface area contributed by atoms with Crippen molar-refractivity contribution >= 4 is 17.7 Å². The Hall–Kier alpha value is -1.46. The molecule has 1 fully saturated rings. The van der Waals surface area contributed by atoms with Crippen LogP contribution in [0.4, 0.5) is 4.79 Å². The van der Waals surface area contributed by atoms with Crippen molar-refractivity contribution < 1.29 is 19.4 Å². The highest BCUT2D eigenvalue weighted by atomic mass is 35.5. The first-order valence-electron chi connectivity index (χ1n) is 5.16. The lowest BCUT2D eigenvalue weighted by Gasteiger charge is -2.14. The number of benzene rings is 1. The Morgan fingerprint density at radius 3 is 3.06 bits per heavy atom. The molecule has 92 valence electrons. The Labute approximate surface area is 103 Å². The number of para-hydroxylation sites is 1. The van der Waals surface area contributed by atoms with Crippen LogP contribution in [0.25, 0.3) is 0 Å². The molecule has 0 radical (unpaired) electrons. The Bertz CT molecular complexity index is 424. The second-order valence-electron chi connectivity index (χ2n) is 3.61. The molecule has 2 rings (SSSR count). The van der Waals surface area contributed by atoms with E-state index in [1.165, 1.54) is 0 Å². The van der Waals surface area contributed by atoms with E-state index in [1.54, 1.807) is 18.2 Å². The molecule has 17 heavy (non-hydrogen) atoms. The quantitative estimate of drug-likeness (QED) is 0.854. The van der Waals surface area contributed by atoms with Gasteiger partial charge in [0.15, 0.2) is 6.10 Å². The number of carbonyl (C=O) groups is 1. The lowest BCUT2D eigenvalue weighted by Crippen LogP contribution is -2.22. The van der Waals surface area contributed by atoms with Crippen LogP contribution in [0.1, 0.15) is 5.56 Å². The summed E-state index contributed by atoms with van der Waals surface area (Å²) >= 11 is 5.96. The molecule has 0 bridgehead atoms. The number of aliphatic hydroxyl groups is 1. The lowest BCUT2D eigenvalue weighted by molar-refractivity contribution is 0.104. The monoisotopic (exact) mass is 257 g/mol. The van der Waals surface area contributed by atoms with Crippen molar-refractivity contribution in [2.24, 2.45) is 0 Å². The molecule has 0 aliphatic carbocycles. The van der Waals surface area contributed by atoms with Crippen molar-refractivity contribution in [1.82, 2.24) is 5.32 Å². The van der Waals surface area contributed by atoms with Gasteiger partial charge in [-0.3, -0.25) is 0 Å². The fraction of sp³-hybridized carbons (Fsp3) is 0.364. The van der Waals surface area contributed by atoms with E-state index in [0.29, 0.717) is 22.9 Å². The minimum Gasteiger partial charge on any atom is -0.488 e. The van der Waals surface area contributed by atoms with Crippen LogP contribution < -0.4 is 10.1 Å². The number of hydrogen-bond donors (Lipinski definition) is 2. The van der Waals surface area contributed by atoms with Gasteiger partial charge in [-0.05, 0) is 6.07 Å². The van der Waals surface area contributed by atoms with Gasteiger partial charge in [-0.15, -0.1) is 0 Å². The fourth-order valence-corrected chi connectivity index (χ4v) is 1.79. The summed E-state index contributed by atoms with van der Waals surface area (Å²) < 4.78 is 10.4. The number of rotatable bonds is 4. The Kier molecular flexibility index (Phi) is 3.71. The second-order valence-corrected chi connectivity index (χ2v) is 4.01. The lowest BCUT2D eigenvalue weighted by atomic mass is 10.2. The Morgan fingerprint density at radius 2 is 2.41 bits per heavy atom. The molecule has 1 amide bonds. The standard InChI is InChI=1S/C11H12ClNO4/c12-9-3-1-2-7(5-14)10(9)16-6-8-4-13-11(15)17-8/h1-3,8,14H,4-6H2,(H,13,15). The second kappa shape index (κ2) is 5.25. The van der Waals surface area contributed by atoms with Crippen LogP contribution in [0, 0.1) is 0 Å². The van der Waals surface area contributed by atoms with Gasteiger partial charge in [0.2, 0.25) is 0 Å². The first-order valence-corrected chi connectivity index (χ1v) is 5.54. The van der Waals surface area contributed by atoms with Gasteiger partial charge in [-0.25, -0.2) is 4.79 Å². The zero-order chi connectivity index (χ0) is 12.3. The Morgan fingerprint density at radius 1 is 1.59 bits per heavy atom. The third-order valence-electron chi connectivity index (χ3n) is 2.38. The maximum atomic E-state index is 10.8. The molecule has 1 aromatic carbocycles. The highest BCUT2D eigenvalue weighted by Gasteiger charge is 2.23. The molecular weight excluding hydrogens is 246 g/mol. The van der Waals surface area contributed by atoms with E-state index in [1.807, 2.05) is 0 Å². The summed E-state index contributed by atoms with van der Waals surface area (Å²) in [4.78, 5) is 10.8. The summed E-state index contributed by atoms with van der Waals surface area (Å²) in [5.74, 6) is 0.430. The summed E-state index contributed by atoms with van der Waals surface area (Å²) in [6.07, 6.45) is -0.773. The highest BCUT2D eigenvalue weighted by molar-refractivity contribution is 6.32. The number of alkyl carbamates (subject to hydrolysis) is 1. The van der Waals surface area contributed by atoms with Gasteiger partial charge in [-0.1, -0.05) is 23.7 Å². The van der Waals surface area contributed by atoms with Gasteiger partial charge in [-0.2, -0.15) is 0 Å². The van der Waals surface area contributed by atoms with Crippen LogP contribution >= 0.6 is 11.6 Å². The first-order chi connectivity index (χ1) is 8.20. The summed E-state index contributed by atoms with van der Waals surface area (Å²) in [5.41, 5.74) is 0.606. The van der Waals surface area contributed by atoms with Gasteiger partial charge < -0.3 is 19.9 Å². The fourth-order valence-electron chi connectivity index (χ4n) is 1.54. The number of nitrogens with one attached hydrogen (secondary N) is 1. The molecule has 6 heteroatoms. The van der Waals surface area contributed by atoms with Crippen LogP contribution in [0.5, 0.6) is 5.75 Å². The highest BCUT2D eigenvalue weighted by Crippen LogP contribution is 2.28. The first kappa shape index (κ1) is 12.0. The molecule has 1 aromatic rings. The number of carbonyl (C=O) groups excluding carboxylic acids is 1. The number of aliphatic hydroxyl groups excluding tert-OH is 1. The minimum atomic E-state index is -0.444. The van der Waals surface area contributed by atoms with Crippen LogP contribution in [0.15, 0.2) is 18.2 Å². The molecule has 1 saturated heterocycles. The van der Waals surface area contributed by atoms with Crippen molar-refractivity contribution in [2.75, 3.05) is 13.2 Å². The zero-order valence-corrected chi connectivity index (χ0v) is 9.74. The number of cyclic esters (lactones) is 1. The van der Waals surface area contributed by atoms with E-state index in [9.17, 15) is 4.79 Å². The maximum Gasteiger partial charge on any atom is 0.407 e. The van der Waals surface area contributed by atoms with E-state index >= 15 is 0 Å². The molecular formula is C11H12ClNO4. The van der Waals surface area contributed by atoms with E-state index < -0.39 is 6.09 Å². The molecule has 2 N–H and O–H groups in total. The number of hydrogen-bond acceptors (Lipinski definition) is 4. The average Bonchev–Trinajstić information content (AvgIpc) is 2.73. The summed E-state index contributed by atoms with van der Waals surface area (Å²) in [5, 5.41) is 12.1. The predicted molar refractivity (Wildman–Crippen MR) is 61.1 cm³/mol. The third kappa shape index (κ3) is 2.81. The van der Waals surface area contributed by atoms with E-state index in [-0.39, 0.29) is 19.3 Å². The molecule has 1 heterocycles. The molecule has 0 saturated carbocycles. The number of ether oxygens (including phenoxy) is 2. The minimum absolute atomic E-state index is 0.154. The largest absolute Gasteiger partial charge is 0.488 e. The van der Waals surface area contributed by atoms with Gasteiger partial charge >= 0.3 is 6.09 Å². The summed E-state index contributed by atoms with van der Waals surface area (Å²) in [7, 11) is 0. The third-order valence-corrected chi connectivity index (χ3v) is 2.68. The van der Waals surface area contributed by atoms with Crippen molar-refractivity contribution in [3.8, 4) is 5.75 Å². The van der Waals surface area contributed by atoms with Gasteiger partial charge in [0, 0.05) is 5.56 Å². The smallest absolute Gasteiger partial charge is 0.407 e. The summed E-state index contributed by atoms with van der Waals surface area (Å²) in [6.45, 7) is 0.464. The summed E-state index contributed by atoms with van der Waals surface area (Å²) in [6, 6.07) is 5.13. The van der Waals surface area contributed by atoms with Crippen LogP contribution in [-0.4, -0.2) is 30.5 Å². The zero-order valence-electron chi connectivity index (χ0n) is 8.98. The molecule has 1 aliphatic heterocycles. The van der Waals surface area contributed by atoms with Gasteiger partial charge in [0.05, 0.1) is 18.2 Å². The molecule has 1 aliphatic rings.